The third kappa shape index (κ3) is 4.20. The minimum absolute atomic E-state index is 0.106. The number of hydrogen-bond acceptors (Lipinski definition) is 5. The number of carbonyl (C=O) groups is 1. The summed E-state index contributed by atoms with van der Waals surface area (Å²) in [5, 5.41) is 31.7. The highest BCUT2D eigenvalue weighted by atomic mass is 16.6. The number of para-hydroxylation sites is 1. The Morgan fingerprint density at radius 3 is 2.75 bits per heavy atom. The molecule has 1 atom stereocenters. The zero-order valence-electron chi connectivity index (χ0n) is 11.2. The van der Waals surface area contributed by atoms with Gasteiger partial charge in [0.25, 0.3) is 0 Å². The van der Waals surface area contributed by atoms with Crippen molar-refractivity contribution in [1.29, 1.82) is 0 Å². The number of nitrogens with zero attached hydrogens (tertiary/aromatic N) is 1. The predicted molar refractivity (Wildman–Crippen MR) is 74.0 cm³/mol. The fourth-order valence-electron chi connectivity index (χ4n) is 1.82. The fraction of sp³-hybridized carbons (Fsp3) is 0.462. The lowest BCUT2D eigenvalue weighted by Gasteiger charge is -2.10. The average molecular weight is 282 g/mol. The monoisotopic (exact) mass is 282 g/mol. The van der Waals surface area contributed by atoms with Gasteiger partial charge >= 0.3 is 11.7 Å². The summed E-state index contributed by atoms with van der Waals surface area (Å²) in [5.74, 6) is -1.15. The zero-order chi connectivity index (χ0) is 15.1. The second kappa shape index (κ2) is 7.44. The molecule has 0 saturated carbocycles. The van der Waals surface area contributed by atoms with Crippen molar-refractivity contribution >= 4 is 17.3 Å². The highest BCUT2D eigenvalue weighted by molar-refractivity contribution is 5.95. The Balaban J connectivity index is 2.77. The van der Waals surface area contributed by atoms with Gasteiger partial charge in [0, 0.05) is 13.2 Å². The number of rotatable bonds is 8. The Labute approximate surface area is 116 Å². The second-order valence-electron chi connectivity index (χ2n) is 4.62. The summed E-state index contributed by atoms with van der Waals surface area (Å²) in [4.78, 5) is 21.3. The van der Waals surface area contributed by atoms with Gasteiger partial charge in [0.1, 0.15) is 11.3 Å². The molecule has 7 nitrogen and oxygen atoms in total. The molecule has 0 amide bonds. The minimum Gasteiger partial charge on any atom is -0.477 e. The molecule has 0 aromatic heterocycles. The molecule has 0 aliphatic carbocycles. The van der Waals surface area contributed by atoms with Crippen LogP contribution in [-0.2, 0) is 0 Å². The summed E-state index contributed by atoms with van der Waals surface area (Å²) >= 11 is 0. The van der Waals surface area contributed by atoms with Crippen molar-refractivity contribution in [3.63, 3.8) is 0 Å². The van der Waals surface area contributed by atoms with Crippen LogP contribution in [0.15, 0.2) is 18.2 Å². The Hall–Kier alpha value is -2.15. The lowest BCUT2D eigenvalue weighted by molar-refractivity contribution is -0.384. The quantitative estimate of drug-likeness (QED) is 0.382. The maximum absolute atomic E-state index is 11.0. The van der Waals surface area contributed by atoms with Crippen molar-refractivity contribution in [1.82, 2.24) is 0 Å². The van der Waals surface area contributed by atoms with Crippen LogP contribution in [0.2, 0.25) is 0 Å². The van der Waals surface area contributed by atoms with E-state index in [-0.39, 0.29) is 23.8 Å². The first-order valence-electron chi connectivity index (χ1n) is 6.32. The van der Waals surface area contributed by atoms with E-state index < -0.39 is 16.6 Å². The average Bonchev–Trinajstić information content (AvgIpc) is 2.42. The Morgan fingerprint density at radius 2 is 2.20 bits per heavy atom. The molecule has 0 radical (unpaired) electrons. The topological polar surface area (TPSA) is 113 Å². The molecule has 3 N–H and O–H groups in total. The number of aliphatic hydroxyl groups excluding tert-OH is 1. The van der Waals surface area contributed by atoms with E-state index in [2.05, 4.69) is 5.32 Å². The van der Waals surface area contributed by atoms with Gasteiger partial charge in [-0.25, -0.2) is 4.79 Å². The van der Waals surface area contributed by atoms with Gasteiger partial charge in [-0.05, 0) is 30.9 Å². The molecule has 1 aromatic carbocycles. The number of nitro groups is 1. The summed E-state index contributed by atoms with van der Waals surface area (Å²) in [6.45, 7) is 2.50. The van der Waals surface area contributed by atoms with Gasteiger partial charge in [0.2, 0.25) is 0 Å². The normalized spacial score (nSPS) is 11.9. The highest BCUT2D eigenvalue weighted by Gasteiger charge is 2.23. The number of anilines is 1. The van der Waals surface area contributed by atoms with E-state index in [1.165, 1.54) is 18.2 Å². The molecule has 7 heteroatoms. The number of carboxylic acid groups (broad SMARTS) is 1. The van der Waals surface area contributed by atoms with Crippen molar-refractivity contribution in [2.24, 2.45) is 5.92 Å². The molecular formula is C13H18N2O5. The molecular weight excluding hydrogens is 264 g/mol. The molecule has 0 aliphatic heterocycles. The van der Waals surface area contributed by atoms with Crippen LogP contribution in [0.1, 0.15) is 30.1 Å². The number of nitro benzene ring substituents is 1. The van der Waals surface area contributed by atoms with Gasteiger partial charge in [0.05, 0.1) is 4.92 Å². The van der Waals surface area contributed by atoms with Crippen molar-refractivity contribution in [3.05, 3.63) is 33.9 Å². The largest absolute Gasteiger partial charge is 0.477 e. The third-order valence-corrected chi connectivity index (χ3v) is 2.95. The second-order valence-corrected chi connectivity index (χ2v) is 4.62. The summed E-state index contributed by atoms with van der Waals surface area (Å²) in [7, 11) is 0. The SMILES string of the molecule is CC(CO)CCCNc1cccc(C(=O)O)c1[N+](=O)[O-]. The number of aliphatic hydroxyl groups is 1. The zero-order valence-corrected chi connectivity index (χ0v) is 11.2. The molecule has 20 heavy (non-hydrogen) atoms. The number of aromatic carboxylic acids is 1. The molecule has 0 spiro atoms. The molecule has 0 heterocycles. The molecule has 0 aliphatic rings. The Morgan fingerprint density at radius 1 is 1.50 bits per heavy atom. The predicted octanol–water partition coefficient (Wildman–Crippen LogP) is 2.11. The number of nitrogens with one attached hydrogen (secondary N) is 1. The van der Waals surface area contributed by atoms with E-state index in [0.717, 1.165) is 12.8 Å². The van der Waals surface area contributed by atoms with Crippen LogP contribution < -0.4 is 5.32 Å². The molecule has 1 rings (SSSR count). The summed E-state index contributed by atoms with van der Waals surface area (Å²) in [5.41, 5.74) is -0.550. The van der Waals surface area contributed by atoms with Crippen molar-refractivity contribution in [2.75, 3.05) is 18.5 Å². The van der Waals surface area contributed by atoms with Crippen LogP contribution in [-0.4, -0.2) is 34.3 Å². The lowest BCUT2D eigenvalue weighted by atomic mass is 10.1. The standard InChI is InChI=1S/C13H18N2O5/c1-9(8-16)4-3-7-14-11-6-2-5-10(13(17)18)12(11)15(19)20/h2,5-6,9,14,16H,3-4,7-8H2,1H3,(H,17,18). The van der Waals surface area contributed by atoms with E-state index in [1.54, 1.807) is 0 Å². The van der Waals surface area contributed by atoms with Gasteiger partial charge in [-0.15, -0.1) is 0 Å². The van der Waals surface area contributed by atoms with Crippen molar-refractivity contribution in [3.8, 4) is 0 Å². The molecule has 0 fully saturated rings. The van der Waals surface area contributed by atoms with Crippen LogP contribution in [0.5, 0.6) is 0 Å². The highest BCUT2D eigenvalue weighted by Crippen LogP contribution is 2.28. The van der Waals surface area contributed by atoms with E-state index in [1.807, 2.05) is 6.92 Å². The van der Waals surface area contributed by atoms with Crippen LogP contribution in [0.4, 0.5) is 11.4 Å². The molecule has 1 aromatic rings. The van der Waals surface area contributed by atoms with Crippen LogP contribution >= 0.6 is 0 Å². The van der Waals surface area contributed by atoms with Gasteiger partial charge in [-0.1, -0.05) is 13.0 Å². The van der Waals surface area contributed by atoms with Gasteiger partial charge in [-0.3, -0.25) is 10.1 Å². The molecule has 1 unspecified atom stereocenters. The molecule has 110 valence electrons. The lowest BCUT2D eigenvalue weighted by Crippen LogP contribution is -2.10. The van der Waals surface area contributed by atoms with E-state index in [9.17, 15) is 14.9 Å². The third-order valence-electron chi connectivity index (χ3n) is 2.95. The maximum atomic E-state index is 11.0. The van der Waals surface area contributed by atoms with Crippen molar-refractivity contribution < 1.29 is 19.9 Å². The van der Waals surface area contributed by atoms with Gasteiger partial charge < -0.3 is 15.5 Å². The summed E-state index contributed by atoms with van der Waals surface area (Å²) in [6.07, 6.45) is 1.52. The smallest absolute Gasteiger partial charge is 0.342 e. The summed E-state index contributed by atoms with van der Waals surface area (Å²) in [6, 6.07) is 4.16. The van der Waals surface area contributed by atoms with E-state index >= 15 is 0 Å². The first-order chi connectivity index (χ1) is 9.47. The van der Waals surface area contributed by atoms with Crippen LogP contribution in [0, 0.1) is 16.0 Å². The maximum Gasteiger partial charge on any atom is 0.342 e. The van der Waals surface area contributed by atoms with Crippen molar-refractivity contribution in [2.45, 2.75) is 19.8 Å². The molecule has 0 saturated heterocycles. The summed E-state index contributed by atoms with van der Waals surface area (Å²) < 4.78 is 0. The Bertz CT molecular complexity index is 490. The van der Waals surface area contributed by atoms with E-state index in [4.69, 9.17) is 10.2 Å². The first-order valence-corrected chi connectivity index (χ1v) is 6.32. The number of carboxylic acids is 1. The number of hydrogen-bond donors (Lipinski definition) is 3. The molecule has 0 bridgehead atoms. The van der Waals surface area contributed by atoms with Gasteiger partial charge in [0.15, 0.2) is 0 Å². The van der Waals surface area contributed by atoms with Crippen LogP contribution in [0.3, 0.4) is 0 Å². The van der Waals surface area contributed by atoms with E-state index in [0.29, 0.717) is 6.54 Å². The Kier molecular flexibility index (Phi) is 5.92. The number of benzene rings is 1. The van der Waals surface area contributed by atoms with Crippen LogP contribution in [0.25, 0.3) is 0 Å². The minimum atomic E-state index is -1.32. The fourth-order valence-corrected chi connectivity index (χ4v) is 1.82. The van der Waals surface area contributed by atoms with Gasteiger partial charge in [-0.2, -0.15) is 0 Å². The first kappa shape index (κ1) is 15.9.